The van der Waals surface area contributed by atoms with Gasteiger partial charge < -0.3 is 10.6 Å². The maximum absolute atomic E-state index is 13.2. The summed E-state index contributed by atoms with van der Waals surface area (Å²) in [5.74, 6) is -1.08. The molecule has 2 nitrogen and oxygen atoms in total. The normalized spacial score (nSPS) is 13.2. The SMILES string of the molecule is CN(C)CC(N)Cc1ccc(F)cc1F. The molecule has 0 aliphatic carbocycles. The molecule has 1 rings (SSSR count). The van der Waals surface area contributed by atoms with Gasteiger partial charge in [0.05, 0.1) is 0 Å². The number of rotatable bonds is 4. The van der Waals surface area contributed by atoms with Gasteiger partial charge in [0.1, 0.15) is 11.6 Å². The first kappa shape index (κ1) is 12.1. The van der Waals surface area contributed by atoms with Crippen molar-refractivity contribution < 1.29 is 8.78 Å². The minimum atomic E-state index is -0.558. The Bertz CT molecular complexity index is 326. The molecule has 2 N–H and O–H groups in total. The van der Waals surface area contributed by atoms with Crippen molar-refractivity contribution in [1.82, 2.24) is 4.90 Å². The monoisotopic (exact) mass is 214 g/mol. The standard InChI is InChI=1S/C11H16F2N2/c1-15(2)7-10(14)5-8-3-4-9(12)6-11(8)13/h3-4,6,10H,5,7,14H2,1-2H3. The van der Waals surface area contributed by atoms with Crippen LogP contribution < -0.4 is 5.73 Å². The highest BCUT2D eigenvalue weighted by atomic mass is 19.1. The lowest BCUT2D eigenvalue weighted by Crippen LogP contribution is -2.35. The molecule has 0 heterocycles. The molecule has 0 radical (unpaired) electrons. The van der Waals surface area contributed by atoms with Gasteiger partial charge in [-0.25, -0.2) is 8.78 Å². The van der Waals surface area contributed by atoms with Gasteiger partial charge in [-0.3, -0.25) is 0 Å². The van der Waals surface area contributed by atoms with Crippen molar-refractivity contribution in [3.05, 3.63) is 35.4 Å². The van der Waals surface area contributed by atoms with Gasteiger partial charge in [-0.2, -0.15) is 0 Å². The molecule has 1 unspecified atom stereocenters. The highest BCUT2D eigenvalue weighted by molar-refractivity contribution is 5.19. The van der Waals surface area contributed by atoms with Crippen LogP contribution in [-0.2, 0) is 6.42 Å². The van der Waals surface area contributed by atoms with Crippen LogP contribution in [0.2, 0.25) is 0 Å². The van der Waals surface area contributed by atoms with Crippen molar-refractivity contribution in [2.45, 2.75) is 12.5 Å². The van der Waals surface area contributed by atoms with Gasteiger partial charge in [0.25, 0.3) is 0 Å². The quantitative estimate of drug-likeness (QED) is 0.820. The second-order valence-corrected chi connectivity index (χ2v) is 3.96. The van der Waals surface area contributed by atoms with Crippen molar-refractivity contribution in [3.8, 4) is 0 Å². The van der Waals surface area contributed by atoms with Crippen LogP contribution in [0.15, 0.2) is 18.2 Å². The van der Waals surface area contributed by atoms with E-state index in [1.165, 1.54) is 12.1 Å². The molecule has 0 saturated carbocycles. The summed E-state index contributed by atoms with van der Waals surface area (Å²) in [6, 6.07) is 3.44. The molecule has 1 aromatic rings. The van der Waals surface area contributed by atoms with Crippen LogP contribution in [0.3, 0.4) is 0 Å². The summed E-state index contributed by atoms with van der Waals surface area (Å²) in [5, 5.41) is 0. The molecule has 4 heteroatoms. The number of benzene rings is 1. The van der Waals surface area contributed by atoms with Gasteiger partial charge in [-0.15, -0.1) is 0 Å². The van der Waals surface area contributed by atoms with E-state index in [-0.39, 0.29) is 6.04 Å². The van der Waals surface area contributed by atoms with Crippen LogP contribution in [0.4, 0.5) is 8.78 Å². The molecular weight excluding hydrogens is 198 g/mol. The van der Waals surface area contributed by atoms with E-state index in [4.69, 9.17) is 5.73 Å². The topological polar surface area (TPSA) is 29.3 Å². The van der Waals surface area contributed by atoms with E-state index in [1.807, 2.05) is 19.0 Å². The average Bonchev–Trinajstić information content (AvgIpc) is 2.08. The Labute approximate surface area is 88.7 Å². The molecule has 84 valence electrons. The highest BCUT2D eigenvalue weighted by Gasteiger charge is 2.09. The van der Waals surface area contributed by atoms with Crippen LogP contribution in [0, 0.1) is 11.6 Å². The molecule has 1 aromatic carbocycles. The van der Waals surface area contributed by atoms with Crippen molar-refractivity contribution >= 4 is 0 Å². The van der Waals surface area contributed by atoms with Gasteiger partial charge in [0.2, 0.25) is 0 Å². The Balaban J connectivity index is 2.64. The Kier molecular flexibility index (Phi) is 4.17. The van der Waals surface area contributed by atoms with Gasteiger partial charge in [0.15, 0.2) is 0 Å². The van der Waals surface area contributed by atoms with Crippen LogP contribution in [0.1, 0.15) is 5.56 Å². The third-order valence-electron chi connectivity index (χ3n) is 2.10. The Morgan fingerprint density at radius 3 is 2.53 bits per heavy atom. The first-order chi connectivity index (χ1) is 6.99. The van der Waals surface area contributed by atoms with Crippen LogP contribution >= 0.6 is 0 Å². The minimum Gasteiger partial charge on any atom is -0.326 e. The summed E-state index contributed by atoms with van der Waals surface area (Å²) in [5.41, 5.74) is 6.28. The first-order valence-corrected chi connectivity index (χ1v) is 4.83. The van der Waals surface area contributed by atoms with E-state index in [0.717, 1.165) is 6.07 Å². The molecule has 0 spiro atoms. The molecule has 0 amide bonds. The smallest absolute Gasteiger partial charge is 0.129 e. The predicted octanol–water partition coefficient (Wildman–Crippen LogP) is 1.40. The largest absolute Gasteiger partial charge is 0.326 e. The fourth-order valence-corrected chi connectivity index (χ4v) is 1.50. The van der Waals surface area contributed by atoms with Gasteiger partial charge >= 0.3 is 0 Å². The van der Waals surface area contributed by atoms with E-state index < -0.39 is 11.6 Å². The van der Waals surface area contributed by atoms with Crippen molar-refractivity contribution in [2.75, 3.05) is 20.6 Å². The summed E-state index contributed by atoms with van der Waals surface area (Å²) in [6.07, 6.45) is 0.421. The summed E-state index contributed by atoms with van der Waals surface area (Å²) >= 11 is 0. The Hall–Kier alpha value is -1.00. The van der Waals surface area contributed by atoms with E-state index in [1.54, 1.807) is 0 Å². The summed E-state index contributed by atoms with van der Waals surface area (Å²) in [7, 11) is 3.81. The lowest BCUT2D eigenvalue weighted by Gasteiger charge is -2.17. The summed E-state index contributed by atoms with van der Waals surface area (Å²) < 4.78 is 25.9. The molecule has 0 aliphatic rings. The van der Waals surface area contributed by atoms with Crippen LogP contribution in [0.5, 0.6) is 0 Å². The number of hydrogen-bond acceptors (Lipinski definition) is 2. The second kappa shape index (κ2) is 5.19. The van der Waals surface area contributed by atoms with Crippen LogP contribution in [0.25, 0.3) is 0 Å². The molecule has 0 aliphatic heterocycles. The zero-order valence-corrected chi connectivity index (χ0v) is 9.00. The van der Waals surface area contributed by atoms with Gasteiger partial charge in [-0.05, 0) is 32.1 Å². The Morgan fingerprint density at radius 1 is 1.33 bits per heavy atom. The lowest BCUT2D eigenvalue weighted by atomic mass is 10.1. The molecule has 15 heavy (non-hydrogen) atoms. The third-order valence-corrected chi connectivity index (χ3v) is 2.10. The number of nitrogens with two attached hydrogens (primary N) is 1. The number of halogens is 2. The number of nitrogens with zero attached hydrogens (tertiary/aromatic N) is 1. The number of hydrogen-bond donors (Lipinski definition) is 1. The first-order valence-electron chi connectivity index (χ1n) is 4.83. The zero-order valence-electron chi connectivity index (χ0n) is 9.00. The van der Waals surface area contributed by atoms with Crippen LogP contribution in [-0.4, -0.2) is 31.6 Å². The van der Waals surface area contributed by atoms with E-state index >= 15 is 0 Å². The molecular formula is C11H16F2N2. The maximum atomic E-state index is 13.2. The summed E-state index contributed by atoms with van der Waals surface area (Å²) in [4.78, 5) is 1.94. The average molecular weight is 214 g/mol. The molecule has 0 aromatic heterocycles. The van der Waals surface area contributed by atoms with Crippen molar-refractivity contribution in [1.29, 1.82) is 0 Å². The van der Waals surface area contributed by atoms with Crippen molar-refractivity contribution in [2.24, 2.45) is 5.73 Å². The fourth-order valence-electron chi connectivity index (χ4n) is 1.50. The molecule has 0 saturated heterocycles. The molecule has 0 fully saturated rings. The zero-order chi connectivity index (χ0) is 11.4. The fraction of sp³-hybridized carbons (Fsp3) is 0.455. The van der Waals surface area contributed by atoms with Crippen molar-refractivity contribution in [3.63, 3.8) is 0 Å². The maximum Gasteiger partial charge on any atom is 0.129 e. The van der Waals surface area contributed by atoms with Gasteiger partial charge in [0, 0.05) is 18.7 Å². The second-order valence-electron chi connectivity index (χ2n) is 3.96. The van der Waals surface area contributed by atoms with E-state index in [0.29, 0.717) is 18.5 Å². The van der Waals surface area contributed by atoms with Gasteiger partial charge in [-0.1, -0.05) is 6.07 Å². The molecule has 0 bridgehead atoms. The van der Waals surface area contributed by atoms with E-state index in [9.17, 15) is 8.78 Å². The highest BCUT2D eigenvalue weighted by Crippen LogP contribution is 2.11. The number of likely N-dealkylation sites (N-methyl/N-ethyl adjacent to an activating group) is 1. The third kappa shape index (κ3) is 3.93. The predicted molar refractivity (Wildman–Crippen MR) is 56.6 cm³/mol. The minimum absolute atomic E-state index is 0.139. The molecule has 1 atom stereocenters. The van der Waals surface area contributed by atoms with E-state index in [2.05, 4.69) is 0 Å². The summed E-state index contributed by atoms with van der Waals surface area (Å²) in [6.45, 7) is 0.677. The Morgan fingerprint density at radius 2 is 2.00 bits per heavy atom. The lowest BCUT2D eigenvalue weighted by molar-refractivity contribution is 0.369.